The van der Waals surface area contributed by atoms with Crippen molar-refractivity contribution >= 4 is 0 Å². The van der Waals surface area contributed by atoms with Gasteiger partial charge in [-0.25, -0.2) is 0 Å². The molecule has 2 heteroatoms. The highest BCUT2D eigenvalue weighted by atomic mass is 16.5. The van der Waals surface area contributed by atoms with E-state index in [0.29, 0.717) is 5.06 Å². The summed E-state index contributed by atoms with van der Waals surface area (Å²) in [6, 6.07) is 0. The van der Waals surface area contributed by atoms with E-state index < -0.39 is 0 Å². The van der Waals surface area contributed by atoms with E-state index in [4.69, 9.17) is 0 Å². The fourth-order valence-electron chi connectivity index (χ4n) is 1.63. The van der Waals surface area contributed by atoms with E-state index in [1.54, 1.807) is 0 Å². The molecule has 0 radical (unpaired) electrons. The van der Waals surface area contributed by atoms with E-state index in [1.165, 1.54) is 0 Å². The van der Waals surface area contributed by atoms with E-state index in [2.05, 4.69) is 13.8 Å². The third-order valence-corrected chi connectivity index (χ3v) is 2.53. The first kappa shape index (κ1) is 8.02. The number of quaternary nitrogens is 1. The van der Waals surface area contributed by atoms with Crippen LogP contribution in [0.3, 0.4) is 0 Å². The Kier molecular flexibility index (Phi) is 2.69. The summed E-state index contributed by atoms with van der Waals surface area (Å²) in [7, 11) is 0. The number of hydrogen-bond acceptors (Lipinski definition) is 1. The van der Waals surface area contributed by atoms with Crippen LogP contribution in [0.5, 0.6) is 0 Å². The maximum absolute atomic E-state index is 10.8. The van der Waals surface area contributed by atoms with Crippen LogP contribution in [-0.2, 0) is 0 Å². The average molecular weight is 143 g/mol. The Morgan fingerprint density at radius 2 is 1.80 bits per heavy atom. The van der Waals surface area contributed by atoms with E-state index in [0.717, 1.165) is 37.8 Å². The standard InChI is InChI=1S/C8H17NO/c1-7(2)8-3-5-9(10)6-4-8/h7-9H,3-6H2,1-2H3. The molecule has 0 aromatic carbocycles. The van der Waals surface area contributed by atoms with Gasteiger partial charge in [-0.3, -0.25) is 0 Å². The van der Waals surface area contributed by atoms with Gasteiger partial charge < -0.3 is 10.3 Å². The third kappa shape index (κ3) is 1.96. The molecule has 0 aromatic rings. The van der Waals surface area contributed by atoms with Crippen LogP contribution >= 0.6 is 0 Å². The average Bonchev–Trinajstić information content (AvgIpc) is 1.88. The number of hydrogen-bond donors (Lipinski definition) is 1. The first-order valence-corrected chi connectivity index (χ1v) is 4.22. The first-order chi connectivity index (χ1) is 4.70. The molecule has 0 spiro atoms. The fraction of sp³-hybridized carbons (Fsp3) is 1.00. The molecule has 0 aliphatic carbocycles. The minimum Gasteiger partial charge on any atom is -0.634 e. The first-order valence-electron chi connectivity index (χ1n) is 4.22. The summed E-state index contributed by atoms with van der Waals surface area (Å²) in [6.45, 7) is 6.17. The van der Waals surface area contributed by atoms with E-state index in [9.17, 15) is 5.21 Å². The van der Waals surface area contributed by atoms with Gasteiger partial charge in [0.25, 0.3) is 0 Å². The molecule has 1 rings (SSSR count). The number of hydroxylamine groups is 2. The van der Waals surface area contributed by atoms with Crippen LogP contribution < -0.4 is 5.06 Å². The normalized spacial score (nSPS) is 34.8. The van der Waals surface area contributed by atoms with Crippen molar-refractivity contribution in [2.24, 2.45) is 11.8 Å². The van der Waals surface area contributed by atoms with Crippen LogP contribution in [0, 0.1) is 17.0 Å². The zero-order chi connectivity index (χ0) is 7.56. The Hall–Kier alpha value is -0.0800. The molecule has 60 valence electrons. The Bertz CT molecular complexity index is 95.4. The minimum absolute atomic E-state index is 0.469. The van der Waals surface area contributed by atoms with Gasteiger partial charge in [-0.1, -0.05) is 13.8 Å². The van der Waals surface area contributed by atoms with Gasteiger partial charge >= 0.3 is 0 Å². The molecular formula is C8H17NO. The summed E-state index contributed by atoms with van der Waals surface area (Å²) in [5.41, 5.74) is 0. The second kappa shape index (κ2) is 3.35. The van der Waals surface area contributed by atoms with Gasteiger partial charge in [0, 0.05) is 12.8 Å². The van der Waals surface area contributed by atoms with Crippen molar-refractivity contribution in [2.75, 3.05) is 13.1 Å². The predicted molar refractivity (Wildman–Crippen MR) is 41.6 cm³/mol. The lowest BCUT2D eigenvalue weighted by Gasteiger charge is -2.33. The van der Waals surface area contributed by atoms with Gasteiger partial charge in [0.2, 0.25) is 0 Å². The van der Waals surface area contributed by atoms with Crippen molar-refractivity contribution in [1.82, 2.24) is 0 Å². The highest BCUT2D eigenvalue weighted by molar-refractivity contribution is 4.65. The maximum Gasteiger partial charge on any atom is 0.0771 e. The minimum atomic E-state index is 0.469. The van der Waals surface area contributed by atoms with Gasteiger partial charge in [-0.05, 0) is 11.8 Å². The lowest BCUT2D eigenvalue weighted by atomic mass is 9.87. The zero-order valence-electron chi connectivity index (χ0n) is 6.89. The summed E-state index contributed by atoms with van der Waals surface area (Å²) in [5.74, 6) is 1.59. The van der Waals surface area contributed by atoms with Crippen molar-refractivity contribution in [3.05, 3.63) is 5.21 Å². The third-order valence-electron chi connectivity index (χ3n) is 2.53. The lowest BCUT2D eigenvalue weighted by Crippen LogP contribution is -3.08. The molecule has 0 saturated carbocycles. The molecule has 1 N–H and O–H groups in total. The van der Waals surface area contributed by atoms with Gasteiger partial charge in [0.15, 0.2) is 0 Å². The highest BCUT2D eigenvalue weighted by Gasteiger charge is 2.19. The molecule has 0 atom stereocenters. The van der Waals surface area contributed by atoms with Gasteiger partial charge in [-0.15, -0.1) is 0 Å². The molecule has 0 bridgehead atoms. The largest absolute Gasteiger partial charge is 0.634 e. The molecule has 1 saturated heterocycles. The fourth-order valence-corrected chi connectivity index (χ4v) is 1.63. The Morgan fingerprint density at radius 3 is 2.20 bits per heavy atom. The Labute approximate surface area is 62.8 Å². The smallest absolute Gasteiger partial charge is 0.0771 e. The molecule has 1 fully saturated rings. The van der Waals surface area contributed by atoms with E-state index in [-0.39, 0.29) is 0 Å². The molecule has 2 nitrogen and oxygen atoms in total. The van der Waals surface area contributed by atoms with Crippen molar-refractivity contribution < 1.29 is 5.06 Å². The SMILES string of the molecule is CC(C)C1CC[NH+]([O-])CC1. The summed E-state index contributed by atoms with van der Waals surface area (Å²) in [4.78, 5) is 0. The topological polar surface area (TPSA) is 27.5 Å². The molecule has 1 heterocycles. The number of rotatable bonds is 1. The highest BCUT2D eigenvalue weighted by Crippen LogP contribution is 2.18. The molecule has 1 aliphatic heterocycles. The molecule has 0 unspecified atom stereocenters. The van der Waals surface area contributed by atoms with E-state index in [1.807, 2.05) is 0 Å². The van der Waals surface area contributed by atoms with Crippen molar-refractivity contribution in [1.29, 1.82) is 0 Å². The second-order valence-electron chi connectivity index (χ2n) is 3.62. The van der Waals surface area contributed by atoms with Crippen LogP contribution in [-0.4, -0.2) is 13.1 Å². The Balaban J connectivity index is 2.26. The monoisotopic (exact) mass is 143 g/mol. The van der Waals surface area contributed by atoms with Gasteiger partial charge in [0.05, 0.1) is 13.1 Å². The van der Waals surface area contributed by atoms with E-state index >= 15 is 0 Å². The summed E-state index contributed by atoms with van der Waals surface area (Å²) in [6.07, 6.45) is 2.27. The predicted octanol–water partition coefficient (Wildman–Crippen LogP) is 0.435. The zero-order valence-corrected chi connectivity index (χ0v) is 6.89. The molecule has 1 aliphatic rings. The maximum atomic E-state index is 10.8. The van der Waals surface area contributed by atoms with Crippen LogP contribution in [0.15, 0.2) is 0 Å². The van der Waals surface area contributed by atoms with Crippen molar-refractivity contribution in [3.63, 3.8) is 0 Å². The van der Waals surface area contributed by atoms with Crippen LogP contribution in [0.1, 0.15) is 26.7 Å². The van der Waals surface area contributed by atoms with Gasteiger partial charge in [0.1, 0.15) is 0 Å². The Morgan fingerprint density at radius 1 is 1.30 bits per heavy atom. The molecule has 0 amide bonds. The molecule has 10 heavy (non-hydrogen) atoms. The van der Waals surface area contributed by atoms with Crippen molar-refractivity contribution in [2.45, 2.75) is 26.7 Å². The van der Waals surface area contributed by atoms with Crippen LogP contribution in [0.4, 0.5) is 0 Å². The number of nitrogens with one attached hydrogen (secondary N) is 1. The molecule has 0 aromatic heterocycles. The van der Waals surface area contributed by atoms with Crippen molar-refractivity contribution in [3.8, 4) is 0 Å². The summed E-state index contributed by atoms with van der Waals surface area (Å²) in [5, 5.41) is 11.3. The van der Waals surface area contributed by atoms with Crippen LogP contribution in [0.25, 0.3) is 0 Å². The summed E-state index contributed by atoms with van der Waals surface area (Å²) < 4.78 is 0. The quantitative estimate of drug-likeness (QED) is 0.530. The van der Waals surface area contributed by atoms with Crippen LogP contribution in [0.2, 0.25) is 0 Å². The molecular weight excluding hydrogens is 126 g/mol. The second-order valence-corrected chi connectivity index (χ2v) is 3.62. The number of piperidine rings is 1. The summed E-state index contributed by atoms with van der Waals surface area (Å²) >= 11 is 0. The lowest BCUT2D eigenvalue weighted by molar-refractivity contribution is -0.855. The van der Waals surface area contributed by atoms with Gasteiger partial charge in [-0.2, -0.15) is 0 Å².